The van der Waals surface area contributed by atoms with Crippen LogP contribution in [0.4, 0.5) is 4.79 Å². The van der Waals surface area contributed by atoms with Gasteiger partial charge in [-0.25, -0.2) is 14.9 Å². The third kappa shape index (κ3) is 6.50. The Kier molecular flexibility index (Phi) is 8.42. The predicted molar refractivity (Wildman–Crippen MR) is 140 cm³/mol. The van der Waals surface area contributed by atoms with Gasteiger partial charge in [0.2, 0.25) is 11.8 Å². The number of hydrogen-bond acceptors (Lipinski definition) is 10. The number of piperazine rings is 1. The summed E-state index contributed by atoms with van der Waals surface area (Å²) in [6.45, 7) is 1.22. The molecule has 1 aromatic carbocycles. The van der Waals surface area contributed by atoms with Crippen LogP contribution in [0.5, 0.6) is 5.88 Å². The molecule has 1 unspecified atom stereocenters. The van der Waals surface area contributed by atoms with Crippen LogP contribution >= 0.6 is 0 Å². The molecule has 0 bridgehead atoms. The number of benzene rings is 1. The number of aromatic nitrogens is 6. The van der Waals surface area contributed by atoms with Crippen LogP contribution in [-0.2, 0) is 16.0 Å². The van der Waals surface area contributed by atoms with Crippen LogP contribution < -0.4 is 10.1 Å². The Hall–Kier alpha value is -4.62. The maximum absolute atomic E-state index is 13.6. The van der Waals surface area contributed by atoms with Crippen LogP contribution in [0.25, 0.3) is 11.4 Å². The second-order valence-corrected chi connectivity index (χ2v) is 9.67. The summed E-state index contributed by atoms with van der Waals surface area (Å²) in [5.74, 6) is 0.114. The molecule has 40 heavy (non-hydrogen) atoms. The Labute approximate surface area is 230 Å². The smallest absolute Gasteiger partial charge is 0.409 e. The van der Waals surface area contributed by atoms with Crippen molar-refractivity contribution in [1.82, 2.24) is 45.7 Å². The quantitative estimate of drug-likeness (QED) is 0.417. The monoisotopic (exact) mass is 549 g/mol. The van der Waals surface area contributed by atoms with E-state index >= 15 is 0 Å². The first kappa shape index (κ1) is 27.0. The van der Waals surface area contributed by atoms with Crippen LogP contribution in [0.2, 0.25) is 0 Å². The van der Waals surface area contributed by atoms with E-state index in [-0.39, 0.29) is 24.1 Å². The molecule has 2 N–H and O–H groups in total. The number of nitrogens with zero attached hydrogens (tertiary/aromatic N) is 7. The molecule has 1 saturated heterocycles. The van der Waals surface area contributed by atoms with Gasteiger partial charge in [-0.2, -0.15) is 4.98 Å². The number of methoxy groups -OCH3 is 1. The maximum Gasteiger partial charge on any atom is 0.409 e. The minimum Gasteiger partial charge on any atom is -0.474 e. The molecule has 2 aromatic heterocycles. The molecule has 3 heterocycles. The second-order valence-electron chi connectivity index (χ2n) is 9.67. The molecule has 1 atom stereocenters. The van der Waals surface area contributed by atoms with Crippen LogP contribution in [0.15, 0.2) is 36.4 Å². The summed E-state index contributed by atoms with van der Waals surface area (Å²) in [6.07, 6.45) is 3.65. The van der Waals surface area contributed by atoms with Gasteiger partial charge >= 0.3 is 6.09 Å². The number of carbonyl (C=O) groups excluding carboxylic acids is 3. The van der Waals surface area contributed by atoms with Crippen LogP contribution in [0.3, 0.4) is 0 Å². The van der Waals surface area contributed by atoms with Crippen molar-refractivity contribution >= 4 is 17.9 Å². The summed E-state index contributed by atoms with van der Waals surface area (Å²) < 4.78 is 10.9. The molecule has 210 valence electrons. The first-order chi connectivity index (χ1) is 19.5. The molecule has 2 aliphatic rings. The lowest BCUT2D eigenvalue weighted by Crippen LogP contribution is -2.56. The highest BCUT2D eigenvalue weighted by atomic mass is 16.5. The number of carbonyl (C=O) groups is 3. The Balaban J connectivity index is 1.37. The van der Waals surface area contributed by atoms with Gasteiger partial charge in [-0.15, -0.1) is 5.10 Å². The van der Waals surface area contributed by atoms with E-state index in [9.17, 15) is 14.4 Å². The number of H-pyrrole nitrogens is 1. The zero-order chi connectivity index (χ0) is 27.9. The predicted octanol–water partition coefficient (Wildman–Crippen LogP) is 1.23. The van der Waals surface area contributed by atoms with Crippen molar-refractivity contribution < 1.29 is 23.9 Å². The molecule has 0 spiro atoms. The standard InChI is InChI=1S/C26H31N9O5/c1-39-26(38)35-13-11-34(12-14-35)25(37)20(15-21-30-32-33-31-21)28-24(36)19-16-22(40-18-9-5-6-10-18)29-23(27-19)17-7-3-2-4-8-17/h2-4,7-8,16,18,20H,5-6,9-15H2,1H3,(H,28,36)(H,30,31,32,33). The lowest BCUT2D eigenvalue weighted by atomic mass is 10.1. The van der Waals surface area contributed by atoms with E-state index in [0.29, 0.717) is 43.7 Å². The van der Waals surface area contributed by atoms with E-state index in [1.54, 1.807) is 4.90 Å². The number of rotatable bonds is 8. The Bertz CT molecular complexity index is 1310. The molecule has 5 rings (SSSR count). The molecule has 14 nitrogen and oxygen atoms in total. The van der Waals surface area contributed by atoms with Gasteiger partial charge in [0.15, 0.2) is 11.6 Å². The highest BCUT2D eigenvalue weighted by molar-refractivity contribution is 5.96. The number of tetrazole rings is 1. The third-order valence-electron chi connectivity index (χ3n) is 6.97. The number of nitrogens with one attached hydrogen (secondary N) is 2. The highest BCUT2D eigenvalue weighted by Crippen LogP contribution is 2.25. The average Bonchev–Trinajstić information content (AvgIpc) is 3.71. The fourth-order valence-electron chi connectivity index (χ4n) is 4.84. The van der Waals surface area contributed by atoms with E-state index in [2.05, 4.69) is 35.9 Å². The van der Waals surface area contributed by atoms with E-state index in [0.717, 1.165) is 31.2 Å². The molecule has 1 aliphatic carbocycles. The lowest BCUT2D eigenvalue weighted by molar-refractivity contribution is -0.134. The number of ether oxygens (including phenoxy) is 2. The van der Waals surface area contributed by atoms with Crippen molar-refractivity contribution in [2.24, 2.45) is 0 Å². The van der Waals surface area contributed by atoms with Gasteiger partial charge in [0, 0.05) is 44.2 Å². The van der Waals surface area contributed by atoms with Gasteiger partial charge in [-0.05, 0) is 36.1 Å². The van der Waals surface area contributed by atoms with Crippen molar-refractivity contribution in [3.8, 4) is 17.3 Å². The molecule has 0 radical (unpaired) electrons. The van der Waals surface area contributed by atoms with Gasteiger partial charge in [-0.1, -0.05) is 30.3 Å². The summed E-state index contributed by atoms with van der Waals surface area (Å²) in [5.41, 5.74) is 0.808. The van der Waals surface area contributed by atoms with Crippen LogP contribution in [0.1, 0.15) is 42.0 Å². The third-order valence-corrected chi connectivity index (χ3v) is 6.97. The fourth-order valence-corrected chi connectivity index (χ4v) is 4.84. The Morgan fingerprint density at radius 1 is 1.05 bits per heavy atom. The lowest BCUT2D eigenvalue weighted by Gasteiger charge is -2.35. The summed E-state index contributed by atoms with van der Waals surface area (Å²) in [7, 11) is 1.32. The zero-order valence-electron chi connectivity index (χ0n) is 22.2. The summed E-state index contributed by atoms with van der Waals surface area (Å²) in [5, 5.41) is 16.5. The fraction of sp³-hybridized carbons (Fsp3) is 0.462. The first-order valence-corrected chi connectivity index (χ1v) is 13.3. The SMILES string of the molecule is COC(=O)N1CCN(C(=O)C(Cc2nnn[nH]2)NC(=O)c2cc(OC3CCCC3)nc(-c3ccccc3)n2)CC1. The topological polar surface area (TPSA) is 168 Å². The van der Waals surface area contributed by atoms with Gasteiger partial charge in [0.1, 0.15) is 17.8 Å². The van der Waals surface area contributed by atoms with E-state index in [1.807, 2.05) is 30.3 Å². The van der Waals surface area contributed by atoms with Crippen molar-refractivity contribution in [2.45, 2.75) is 44.2 Å². The van der Waals surface area contributed by atoms with Gasteiger partial charge in [-0.3, -0.25) is 9.59 Å². The van der Waals surface area contributed by atoms with Gasteiger partial charge < -0.3 is 24.6 Å². The number of amides is 3. The van der Waals surface area contributed by atoms with E-state index < -0.39 is 18.0 Å². The summed E-state index contributed by atoms with van der Waals surface area (Å²) >= 11 is 0. The molecular weight excluding hydrogens is 518 g/mol. The van der Waals surface area contributed by atoms with Crippen LogP contribution in [0, 0.1) is 0 Å². The van der Waals surface area contributed by atoms with Crippen molar-refractivity contribution in [2.75, 3.05) is 33.3 Å². The molecule has 1 aliphatic heterocycles. The first-order valence-electron chi connectivity index (χ1n) is 13.3. The van der Waals surface area contributed by atoms with E-state index in [4.69, 9.17) is 9.47 Å². The van der Waals surface area contributed by atoms with Crippen LogP contribution in [-0.4, -0.2) is 104 Å². The molecule has 3 amide bonds. The molecular formula is C26H31N9O5. The van der Waals surface area contributed by atoms with Crippen molar-refractivity contribution in [3.05, 3.63) is 47.9 Å². The molecule has 2 fully saturated rings. The van der Waals surface area contributed by atoms with Crippen molar-refractivity contribution in [1.29, 1.82) is 0 Å². The molecule has 1 saturated carbocycles. The normalized spacial score (nSPS) is 16.4. The Morgan fingerprint density at radius 3 is 2.45 bits per heavy atom. The summed E-state index contributed by atoms with van der Waals surface area (Å²) in [6, 6.07) is 9.84. The maximum atomic E-state index is 13.6. The van der Waals surface area contributed by atoms with E-state index in [1.165, 1.54) is 18.1 Å². The largest absolute Gasteiger partial charge is 0.474 e. The number of aromatic amines is 1. The molecule has 14 heteroatoms. The van der Waals surface area contributed by atoms with Crippen molar-refractivity contribution in [3.63, 3.8) is 0 Å². The highest BCUT2D eigenvalue weighted by Gasteiger charge is 2.32. The number of hydrogen-bond donors (Lipinski definition) is 2. The summed E-state index contributed by atoms with van der Waals surface area (Å²) in [4.78, 5) is 51.2. The van der Waals surface area contributed by atoms with Gasteiger partial charge in [0.25, 0.3) is 5.91 Å². The minimum atomic E-state index is -0.985. The zero-order valence-corrected chi connectivity index (χ0v) is 22.2. The van der Waals surface area contributed by atoms with Gasteiger partial charge in [0.05, 0.1) is 7.11 Å². The Morgan fingerprint density at radius 2 is 1.77 bits per heavy atom. The average molecular weight is 550 g/mol. The minimum absolute atomic E-state index is 0.0337. The second kappa shape index (κ2) is 12.5. The molecule has 3 aromatic rings.